The predicted octanol–water partition coefficient (Wildman–Crippen LogP) is 1.66. The SMILES string of the molecule is CCc1nc2sc3c(c2c(=O)n1CC#N)C(C(=O)O)CC3. The summed E-state index contributed by atoms with van der Waals surface area (Å²) in [5.74, 6) is -0.966. The first-order valence-electron chi connectivity index (χ1n) is 6.73. The molecule has 1 aliphatic rings. The normalized spacial score (nSPS) is 16.9. The number of hydrogen-bond donors (Lipinski definition) is 1. The van der Waals surface area contributed by atoms with Crippen LogP contribution in [-0.2, 0) is 24.2 Å². The van der Waals surface area contributed by atoms with Gasteiger partial charge >= 0.3 is 5.97 Å². The first-order valence-corrected chi connectivity index (χ1v) is 7.54. The van der Waals surface area contributed by atoms with Crippen molar-refractivity contribution in [2.24, 2.45) is 0 Å². The molecule has 2 heterocycles. The minimum Gasteiger partial charge on any atom is -0.481 e. The number of nitrogens with zero attached hydrogens (tertiary/aromatic N) is 3. The zero-order chi connectivity index (χ0) is 15.1. The number of fused-ring (bicyclic) bond motifs is 3. The van der Waals surface area contributed by atoms with Crippen molar-refractivity contribution < 1.29 is 9.90 Å². The summed E-state index contributed by atoms with van der Waals surface area (Å²) in [7, 11) is 0. The molecule has 1 N–H and O–H groups in total. The molecule has 0 spiro atoms. The monoisotopic (exact) mass is 303 g/mol. The second-order valence-electron chi connectivity index (χ2n) is 4.98. The lowest BCUT2D eigenvalue weighted by atomic mass is 10.0. The Kier molecular flexibility index (Phi) is 3.26. The molecule has 0 aliphatic heterocycles. The summed E-state index contributed by atoms with van der Waals surface area (Å²) in [4.78, 5) is 30.1. The molecule has 0 aromatic carbocycles. The molecule has 0 bridgehead atoms. The highest BCUT2D eigenvalue weighted by molar-refractivity contribution is 7.18. The Balaban J connectivity index is 2.36. The van der Waals surface area contributed by atoms with Crippen molar-refractivity contribution >= 4 is 27.5 Å². The van der Waals surface area contributed by atoms with Crippen LogP contribution in [0.5, 0.6) is 0 Å². The molecule has 2 aromatic heterocycles. The van der Waals surface area contributed by atoms with E-state index in [1.165, 1.54) is 15.9 Å². The maximum Gasteiger partial charge on any atom is 0.311 e. The molecule has 0 radical (unpaired) electrons. The van der Waals surface area contributed by atoms with Gasteiger partial charge in [0, 0.05) is 11.3 Å². The van der Waals surface area contributed by atoms with Gasteiger partial charge in [0.2, 0.25) is 0 Å². The highest BCUT2D eigenvalue weighted by Crippen LogP contribution is 2.42. The van der Waals surface area contributed by atoms with Gasteiger partial charge in [0.05, 0.1) is 17.4 Å². The standard InChI is InChI=1S/C14H13N3O3S/c1-2-9-16-12-11(13(18)17(9)6-5-15)10-7(14(19)20)3-4-8(10)21-12/h7H,2-4,6H2,1H3,(H,19,20). The zero-order valence-corrected chi connectivity index (χ0v) is 12.2. The topological polar surface area (TPSA) is 96.0 Å². The molecule has 1 unspecified atom stereocenters. The second kappa shape index (κ2) is 4.97. The van der Waals surface area contributed by atoms with Gasteiger partial charge in [0.25, 0.3) is 5.56 Å². The molecule has 108 valence electrons. The van der Waals surface area contributed by atoms with Crippen molar-refractivity contribution in [2.75, 3.05) is 0 Å². The minimum absolute atomic E-state index is 0.0622. The minimum atomic E-state index is -0.903. The highest BCUT2D eigenvalue weighted by atomic mass is 32.1. The average molecular weight is 303 g/mol. The summed E-state index contributed by atoms with van der Waals surface area (Å²) in [6.45, 7) is 1.82. The number of carboxylic acid groups (broad SMARTS) is 1. The van der Waals surface area contributed by atoms with Gasteiger partial charge in [-0.05, 0) is 18.4 Å². The van der Waals surface area contributed by atoms with Gasteiger partial charge in [-0.2, -0.15) is 5.26 Å². The van der Waals surface area contributed by atoms with Crippen LogP contribution >= 0.6 is 11.3 Å². The lowest BCUT2D eigenvalue weighted by Crippen LogP contribution is -2.25. The zero-order valence-electron chi connectivity index (χ0n) is 11.4. The number of nitriles is 1. The van der Waals surface area contributed by atoms with Gasteiger partial charge in [-0.15, -0.1) is 11.3 Å². The Bertz CT molecular complexity index is 844. The smallest absolute Gasteiger partial charge is 0.311 e. The van der Waals surface area contributed by atoms with E-state index in [1.54, 1.807) is 0 Å². The van der Waals surface area contributed by atoms with Crippen LogP contribution in [-0.4, -0.2) is 20.6 Å². The second-order valence-corrected chi connectivity index (χ2v) is 6.06. The Morgan fingerprint density at radius 3 is 3.00 bits per heavy atom. The molecule has 7 heteroatoms. The van der Waals surface area contributed by atoms with Crippen molar-refractivity contribution in [3.63, 3.8) is 0 Å². The van der Waals surface area contributed by atoms with E-state index >= 15 is 0 Å². The van der Waals surface area contributed by atoms with E-state index in [1.807, 2.05) is 13.0 Å². The third kappa shape index (κ3) is 1.94. The van der Waals surface area contributed by atoms with Crippen LogP contribution in [0.4, 0.5) is 0 Å². The molecule has 2 aromatic rings. The van der Waals surface area contributed by atoms with Gasteiger partial charge in [-0.25, -0.2) is 4.98 Å². The fourth-order valence-corrected chi connectivity index (χ4v) is 4.18. The summed E-state index contributed by atoms with van der Waals surface area (Å²) in [5.41, 5.74) is 0.332. The van der Waals surface area contributed by atoms with E-state index in [9.17, 15) is 14.7 Å². The number of carboxylic acids is 1. The number of aromatic nitrogens is 2. The number of carbonyl (C=O) groups is 1. The molecule has 0 amide bonds. The van der Waals surface area contributed by atoms with Crippen LogP contribution in [0, 0.1) is 11.3 Å². The lowest BCUT2D eigenvalue weighted by Gasteiger charge is -2.09. The number of thiophene rings is 1. The molecule has 21 heavy (non-hydrogen) atoms. The molecule has 0 fully saturated rings. The van der Waals surface area contributed by atoms with Crippen LogP contribution in [0.15, 0.2) is 4.79 Å². The Morgan fingerprint density at radius 2 is 2.38 bits per heavy atom. The predicted molar refractivity (Wildman–Crippen MR) is 77.6 cm³/mol. The first-order chi connectivity index (χ1) is 10.1. The van der Waals surface area contributed by atoms with Gasteiger partial charge in [0.1, 0.15) is 17.2 Å². The third-order valence-electron chi connectivity index (χ3n) is 3.86. The third-order valence-corrected chi connectivity index (χ3v) is 5.02. The van der Waals surface area contributed by atoms with Crippen molar-refractivity contribution in [3.8, 4) is 6.07 Å². The van der Waals surface area contributed by atoms with E-state index < -0.39 is 11.9 Å². The lowest BCUT2D eigenvalue weighted by molar-refractivity contribution is -0.138. The quantitative estimate of drug-likeness (QED) is 0.930. The summed E-state index contributed by atoms with van der Waals surface area (Å²) in [5, 5.41) is 18.6. The van der Waals surface area contributed by atoms with Crippen LogP contribution in [0.3, 0.4) is 0 Å². The van der Waals surface area contributed by atoms with Gasteiger partial charge < -0.3 is 5.11 Å². The maximum atomic E-state index is 12.7. The number of hydrogen-bond acceptors (Lipinski definition) is 5. The van der Waals surface area contributed by atoms with E-state index in [0.717, 1.165) is 4.88 Å². The number of rotatable bonds is 3. The molecule has 3 rings (SSSR count). The first kappa shape index (κ1) is 13.8. The van der Waals surface area contributed by atoms with Crippen LogP contribution < -0.4 is 5.56 Å². The number of aryl methyl sites for hydroxylation is 2. The van der Waals surface area contributed by atoms with Crippen molar-refractivity contribution in [2.45, 2.75) is 38.6 Å². The molecular weight excluding hydrogens is 290 g/mol. The molecule has 1 aliphatic carbocycles. The van der Waals surface area contributed by atoms with Crippen LogP contribution in [0.1, 0.15) is 35.5 Å². The maximum absolute atomic E-state index is 12.7. The van der Waals surface area contributed by atoms with Gasteiger partial charge in [-0.1, -0.05) is 6.92 Å². The average Bonchev–Trinajstić information content (AvgIpc) is 2.99. The summed E-state index contributed by atoms with van der Waals surface area (Å²) in [6.07, 6.45) is 1.75. The van der Waals surface area contributed by atoms with Crippen LogP contribution in [0.2, 0.25) is 0 Å². The van der Waals surface area contributed by atoms with E-state index in [4.69, 9.17) is 5.26 Å². The van der Waals surface area contributed by atoms with E-state index in [-0.39, 0.29) is 12.1 Å². The fraction of sp³-hybridized carbons (Fsp3) is 0.429. The molecule has 6 nitrogen and oxygen atoms in total. The van der Waals surface area contributed by atoms with Crippen molar-refractivity contribution in [1.29, 1.82) is 5.26 Å². The summed E-state index contributed by atoms with van der Waals surface area (Å²) < 4.78 is 1.35. The highest BCUT2D eigenvalue weighted by Gasteiger charge is 2.34. The number of aliphatic carboxylic acids is 1. The molecule has 0 saturated carbocycles. The van der Waals surface area contributed by atoms with Crippen molar-refractivity contribution in [3.05, 3.63) is 26.6 Å². The Morgan fingerprint density at radius 1 is 1.62 bits per heavy atom. The van der Waals surface area contributed by atoms with E-state index in [2.05, 4.69) is 4.98 Å². The summed E-state index contributed by atoms with van der Waals surface area (Å²) in [6, 6.07) is 1.97. The van der Waals surface area contributed by atoms with E-state index in [0.29, 0.717) is 40.9 Å². The molecule has 1 atom stereocenters. The largest absolute Gasteiger partial charge is 0.481 e. The molecule has 0 saturated heterocycles. The summed E-state index contributed by atoms with van der Waals surface area (Å²) >= 11 is 1.41. The van der Waals surface area contributed by atoms with Gasteiger partial charge in [-0.3, -0.25) is 14.2 Å². The molecular formula is C14H13N3O3S. The van der Waals surface area contributed by atoms with Crippen LogP contribution in [0.25, 0.3) is 10.2 Å². The fourth-order valence-electron chi connectivity index (χ4n) is 2.92. The Hall–Kier alpha value is -2.20. The Labute approximate surface area is 124 Å². The van der Waals surface area contributed by atoms with Gasteiger partial charge in [0.15, 0.2) is 0 Å². The van der Waals surface area contributed by atoms with Crippen molar-refractivity contribution in [1.82, 2.24) is 9.55 Å².